The molecule has 142 valence electrons. The molecule has 0 radical (unpaired) electrons. The Labute approximate surface area is 169 Å². The van der Waals surface area contributed by atoms with Gasteiger partial charge in [0.1, 0.15) is 10.3 Å². The summed E-state index contributed by atoms with van der Waals surface area (Å²) >= 11 is 3.10. The number of carbonyl (C=O) groups is 1. The van der Waals surface area contributed by atoms with Gasteiger partial charge in [0.15, 0.2) is 15.9 Å². The maximum Gasteiger partial charge on any atom is 0.228 e. The van der Waals surface area contributed by atoms with Gasteiger partial charge in [0.2, 0.25) is 5.91 Å². The van der Waals surface area contributed by atoms with E-state index in [0.29, 0.717) is 19.5 Å². The molecule has 0 aliphatic carbocycles. The Morgan fingerprint density at radius 1 is 1.14 bits per heavy atom. The van der Waals surface area contributed by atoms with Gasteiger partial charge in [0, 0.05) is 37.8 Å². The predicted octanol–water partition coefficient (Wildman–Crippen LogP) is 3.30. The van der Waals surface area contributed by atoms with Crippen LogP contribution in [-0.4, -0.2) is 51.9 Å². The average Bonchev–Trinajstić information content (AvgIpc) is 3.47. The zero-order valence-corrected chi connectivity index (χ0v) is 16.6. The molecule has 0 spiro atoms. The van der Waals surface area contributed by atoms with Gasteiger partial charge >= 0.3 is 0 Å². The van der Waals surface area contributed by atoms with Crippen molar-refractivity contribution in [2.75, 3.05) is 31.1 Å². The molecule has 4 aromatic heterocycles. The molecule has 1 amide bonds. The lowest BCUT2D eigenvalue weighted by atomic mass is 10.2. The molecule has 0 aromatic carbocycles. The van der Waals surface area contributed by atoms with Crippen molar-refractivity contribution in [2.24, 2.45) is 0 Å². The monoisotopic (exact) mass is 411 g/mol. The van der Waals surface area contributed by atoms with Gasteiger partial charge in [-0.05, 0) is 24.3 Å². The lowest BCUT2D eigenvalue weighted by molar-refractivity contribution is -0.130. The lowest BCUT2D eigenvalue weighted by Gasteiger charge is -2.34. The summed E-state index contributed by atoms with van der Waals surface area (Å²) in [4.78, 5) is 31.3. The Bertz CT molecular complexity index is 1060. The molecule has 0 unspecified atom stereocenters. The van der Waals surface area contributed by atoms with E-state index in [1.807, 2.05) is 34.5 Å². The highest BCUT2D eigenvalue weighted by Gasteiger charge is 2.24. The number of nitrogens with zero attached hydrogens (tertiary/aromatic N) is 5. The molecule has 0 N–H and O–H groups in total. The summed E-state index contributed by atoms with van der Waals surface area (Å²) in [5.74, 6) is 0.851. The van der Waals surface area contributed by atoms with Crippen molar-refractivity contribution < 1.29 is 9.21 Å². The molecule has 5 heterocycles. The summed E-state index contributed by atoms with van der Waals surface area (Å²) < 4.78 is 5.37. The van der Waals surface area contributed by atoms with Gasteiger partial charge in [-0.2, -0.15) is 0 Å². The average molecular weight is 412 g/mol. The second-order valence-electron chi connectivity index (χ2n) is 6.49. The van der Waals surface area contributed by atoms with Crippen LogP contribution in [0.25, 0.3) is 21.1 Å². The number of fused-ring (bicyclic) bond motifs is 1. The van der Waals surface area contributed by atoms with Crippen molar-refractivity contribution in [3.05, 3.63) is 47.8 Å². The quantitative estimate of drug-likeness (QED) is 0.513. The minimum Gasteiger partial charge on any atom is -0.462 e. The molecule has 1 saturated heterocycles. The van der Waals surface area contributed by atoms with Gasteiger partial charge in [-0.1, -0.05) is 11.3 Å². The number of anilines is 1. The Kier molecular flexibility index (Phi) is 4.53. The third-order valence-corrected chi connectivity index (χ3v) is 6.62. The molecular formula is C19H17N5O2S2. The van der Waals surface area contributed by atoms with E-state index in [2.05, 4.69) is 19.9 Å². The Morgan fingerprint density at radius 2 is 2.04 bits per heavy atom. The van der Waals surface area contributed by atoms with E-state index >= 15 is 0 Å². The number of hydrogen-bond donors (Lipinski definition) is 0. The fraction of sp³-hybridized carbons (Fsp3) is 0.263. The number of carbonyl (C=O) groups excluding carboxylic acids is 1. The standard InChI is InChI=1S/C19H17N5O2S2/c25-16(11-13-12-27-18(21-13)15-4-2-10-26-15)23-6-8-24(9-7-23)19-22-14-3-1-5-20-17(14)28-19/h1-5,10,12H,6-9,11H2. The molecule has 1 aliphatic rings. The van der Waals surface area contributed by atoms with Crippen LogP contribution in [0, 0.1) is 0 Å². The Balaban J connectivity index is 1.20. The number of amides is 1. The molecule has 0 saturated carbocycles. The van der Waals surface area contributed by atoms with Crippen LogP contribution in [0.2, 0.25) is 0 Å². The second-order valence-corrected chi connectivity index (χ2v) is 8.30. The van der Waals surface area contributed by atoms with Crippen LogP contribution in [0.1, 0.15) is 5.69 Å². The molecule has 1 aliphatic heterocycles. The molecule has 1 fully saturated rings. The van der Waals surface area contributed by atoms with E-state index in [9.17, 15) is 4.79 Å². The zero-order valence-electron chi connectivity index (χ0n) is 14.9. The summed E-state index contributed by atoms with van der Waals surface area (Å²) in [6.07, 6.45) is 3.74. The summed E-state index contributed by atoms with van der Waals surface area (Å²) in [6.45, 7) is 2.94. The largest absolute Gasteiger partial charge is 0.462 e. The van der Waals surface area contributed by atoms with E-state index in [-0.39, 0.29) is 5.91 Å². The maximum absolute atomic E-state index is 12.7. The molecule has 5 rings (SSSR count). The van der Waals surface area contributed by atoms with E-state index in [1.165, 1.54) is 11.3 Å². The second kappa shape index (κ2) is 7.33. The highest BCUT2D eigenvalue weighted by atomic mass is 32.1. The Hall–Kier alpha value is -2.78. The predicted molar refractivity (Wildman–Crippen MR) is 110 cm³/mol. The van der Waals surface area contributed by atoms with Gasteiger partial charge in [0.05, 0.1) is 18.4 Å². The maximum atomic E-state index is 12.7. The summed E-state index contributed by atoms with van der Waals surface area (Å²) in [5, 5.41) is 3.71. The highest BCUT2D eigenvalue weighted by Crippen LogP contribution is 2.28. The summed E-state index contributed by atoms with van der Waals surface area (Å²) in [7, 11) is 0. The molecule has 4 aromatic rings. The van der Waals surface area contributed by atoms with Crippen LogP contribution < -0.4 is 4.90 Å². The molecule has 0 bridgehead atoms. The first-order valence-corrected chi connectivity index (χ1v) is 10.7. The number of thiazole rings is 2. The minimum absolute atomic E-state index is 0.113. The fourth-order valence-electron chi connectivity index (χ4n) is 3.21. The van der Waals surface area contributed by atoms with Crippen molar-refractivity contribution in [1.29, 1.82) is 0 Å². The van der Waals surface area contributed by atoms with Crippen LogP contribution in [-0.2, 0) is 11.2 Å². The van der Waals surface area contributed by atoms with Crippen LogP contribution in [0.4, 0.5) is 5.13 Å². The van der Waals surface area contributed by atoms with Gasteiger partial charge in [-0.3, -0.25) is 4.79 Å². The van der Waals surface area contributed by atoms with Crippen LogP contribution in [0.3, 0.4) is 0 Å². The topological polar surface area (TPSA) is 75.4 Å². The molecule has 28 heavy (non-hydrogen) atoms. The first kappa shape index (κ1) is 17.3. The normalized spacial score (nSPS) is 14.7. The molecular weight excluding hydrogens is 394 g/mol. The Morgan fingerprint density at radius 3 is 2.82 bits per heavy atom. The SMILES string of the molecule is O=C(Cc1csc(-c2ccco2)n1)N1CCN(c2nc3cccnc3s2)CC1. The van der Waals surface area contributed by atoms with Gasteiger partial charge in [0.25, 0.3) is 0 Å². The lowest BCUT2D eigenvalue weighted by Crippen LogP contribution is -2.49. The van der Waals surface area contributed by atoms with Crippen molar-refractivity contribution >= 4 is 44.1 Å². The summed E-state index contributed by atoms with van der Waals surface area (Å²) in [5.41, 5.74) is 1.72. The fourth-order valence-corrected chi connectivity index (χ4v) is 4.96. The van der Waals surface area contributed by atoms with Crippen molar-refractivity contribution in [3.63, 3.8) is 0 Å². The van der Waals surface area contributed by atoms with E-state index in [1.54, 1.807) is 23.8 Å². The van der Waals surface area contributed by atoms with E-state index < -0.39 is 0 Å². The zero-order chi connectivity index (χ0) is 18.9. The number of pyridine rings is 1. The van der Waals surface area contributed by atoms with Crippen LogP contribution in [0.5, 0.6) is 0 Å². The first-order valence-electron chi connectivity index (χ1n) is 8.99. The van der Waals surface area contributed by atoms with E-state index in [0.717, 1.165) is 45.0 Å². The number of hydrogen-bond acceptors (Lipinski definition) is 8. The molecule has 0 atom stereocenters. The van der Waals surface area contributed by atoms with Gasteiger partial charge in [-0.25, -0.2) is 15.0 Å². The smallest absolute Gasteiger partial charge is 0.228 e. The van der Waals surface area contributed by atoms with E-state index in [4.69, 9.17) is 4.42 Å². The van der Waals surface area contributed by atoms with Crippen LogP contribution in [0.15, 0.2) is 46.5 Å². The van der Waals surface area contributed by atoms with Crippen molar-refractivity contribution in [2.45, 2.75) is 6.42 Å². The van der Waals surface area contributed by atoms with Crippen LogP contribution >= 0.6 is 22.7 Å². The van der Waals surface area contributed by atoms with Gasteiger partial charge < -0.3 is 14.2 Å². The number of rotatable bonds is 4. The number of piperazine rings is 1. The summed E-state index contributed by atoms with van der Waals surface area (Å²) in [6, 6.07) is 7.59. The van der Waals surface area contributed by atoms with Crippen molar-refractivity contribution in [3.8, 4) is 10.8 Å². The third kappa shape index (κ3) is 3.38. The minimum atomic E-state index is 0.113. The van der Waals surface area contributed by atoms with Gasteiger partial charge in [-0.15, -0.1) is 11.3 Å². The highest BCUT2D eigenvalue weighted by molar-refractivity contribution is 7.21. The first-order chi connectivity index (χ1) is 13.8. The van der Waals surface area contributed by atoms with Crippen molar-refractivity contribution in [1.82, 2.24) is 19.9 Å². The number of aromatic nitrogens is 3. The molecule has 7 nitrogen and oxygen atoms in total. The third-order valence-electron chi connectivity index (χ3n) is 4.67. The molecule has 9 heteroatoms. The number of furan rings is 1.